The fourth-order valence-electron chi connectivity index (χ4n) is 3.50. The third-order valence-corrected chi connectivity index (χ3v) is 8.02. The summed E-state index contributed by atoms with van der Waals surface area (Å²) in [5.74, 6) is 3.86. The van der Waals surface area contributed by atoms with Crippen molar-refractivity contribution in [3.8, 4) is 0 Å². The molecule has 2 unspecified atom stereocenters. The minimum atomic E-state index is -0.0000926. The molecule has 16 heavy (non-hydrogen) atoms. The van der Waals surface area contributed by atoms with Crippen molar-refractivity contribution in [1.82, 2.24) is 0 Å². The zero-order valence-electron chi connectivity index (χ0n) is 11.5. The second-order valence-corrected chi connectivity index (χ2v) is 9.72. The van der Waals surface area contributed by atoms with Crippen molar-refractivity contribution in [3.63, 3.8) is 0 Å². The van der Waals surface area contributed by atoms with Crippen molar-refractivity contribution >= 4 is 31.1 Å². The zero-order chi connectivity index (χ0) is 12.1. The van der Waals surface area contributed by atoms with Crippen LogP contribution in [-0.4, -0.2) is 18.2 Å². The van der Waals surface area contributed by atoms with Gasteiger partial charge in [0.25, 0.3) is 0 Å². The molecule has 92 valence electrons. The van der Waals surface area contributed by atoms with Crippen LogP contribution < -0.4 is 0 Å². The Kier molecular flexibility index (Phi) is 7.30. The molecule has 0 amide bonds. The lowest BCUT2D eigenvalue weighted by molar-refractivity contribution is 0.213. The Morgan fingerprint density at radius 1 is 1.00 bits per heavy atom. The molecule has 2 atom stereocenters. The van der Waals surface area contributed by atoms with E-state index in [2.05, 4.69) is 40.6 Å². The van der Waals surface area contributed by atoms with Gasteiger partial charge in [0.05, 0.1) is 0 Å². The van der Waals surface area contributed by atoms with Crippen LogP contribution >= 0.6 is 12.9 Å². The van der Waals surface area contributed by atoms with Gasteiger partial charge in [-0.2, -0.15) is 0 Å². The Balaban J connectivity index is 2.57. The largest absolute Gasteiger partial charge is 0.472 e. The molecular formula is C14H27BrMg. The highest BCUT2D eigenvalue weighted by Crippen LogP contribution is 2.45. The van der Waals surface area contributed by atoms with E-state index in [0.717, 1.165) is 27.7 Å². The van der Waals surface area contributed by atoms with Gasteiger partial charge in [0.2, 0.25) is 0 Å². The Labute approximate surface area is 118 Å². The maximum absolute atomic E-state index is 3.91. The van der Waals surface area contributed by atoms with Gasteiger partial charge in [0, 0.05) is 0 Å². The average molecular weight is 300 g/mol. The van der Waals surface area contributed by atoms with Crippen LogP contribution in [0.15, 0.2) is 0 Å². The van der Waals surface area contributed by atoms with E-state index < -0.39 is 0 Å². The van der Waals surface area contributed by atoms with Crippen molar-refractivity contribution in [2.45, 2.75) is 63.8 Å². The third kappa shape index (κ3) is 4.85. The molecule has 2 heteroatoms. The number of hydrogen-bond acceptors (Lipinski definition) is 0. The molecule has 0 bridgehead atoms. The molecule has 1 aliphatic rings. The van der Waals surface area contributed by atoms with Gasteiger partial charge in [-0.15, -0.1) is 4.05 Å². The van der Waals surface area contributed by atoms with Gasteiger partial charge in [-0.05, 0) is 24.7 Å². The van der Waals surface area contributed by atoms with Crippen LogP contribution in [0.4, 0.5) is 0 Å². The van der Waals surface area contributed by atoms with Crippen LogP contribution in [0.1, 0.15) is 59.8 Å². The van der Waals surface area contributed by atoms with Crippen molar-refractivity contribution in [2.75, 3.05) is 0 Å². The molecule has 0 radical (unpaired) electrons. The fourth-order valence-corrected chi connectivity index (χ4v) is 8.04. The summed E-state index contributed by atoms with van der Waals surface area (Å²) >= 11 is 3.91. The zero-order valence-corrected chi connectivity index (χ0v) is 14.5. The minimum absolute atomic E-state index is 0.0000926. The maximum Gasteiger partial charge on any atom is 0.472 e. The smallest absolute Gasteiger partial charge is 0.306 e. The van der Waals surface area contributed by atoms with Gasteiger partial charge >= 0.3 is 18.2 Å². The van der Waals surface area contributed by atoms with E-state index in [1.807, 2.05) is 0 Å². The summed E-state index contributed by atoms with van der Waals surface area (Å²) in [5, 5.41) is 0. The van der Waals surface area contributed by atoms with Gasteiger partial charge in [-0.3, -0.25) is 0 Å². The lowest BCUT2D eigenvalue weighted by Gasteiger charge is -2.40. The van der Waals surface area contributed by atoms with Crippen molar-refractivity contribution in [3.05, 3.63) is 0 Å². The predicted octanol–water partition coefficient (Wildman–Crippen LogP) is 5.30. The van der Waals surface area contributed by atoms with Gasteiger partial charge in [-0.1, -0.05) is 58.8 Å². The molecule has 0 saturated heterocycles. The summed E-state index contributed by atoms with van der Waals surface area (Å²) in [4.78, 5) is 0. The van der Waals surface area contributed by atoms with Crippen LogP contribution in [0.3, 0.4) is 0 Å². The summed E-state index contributed by atoms with van der Waals surface area (Å²) in [6.07, 6.45) is 7.45. The molecule has 0 aromatic heterocycles. The van der Waals surface area contributed by atoms with E-state index in [-0.39, 0.29) is 18.2 Å². The minimum Gasteiger partial charge on any atom is -0.306 e. The Hall–Kier alpha value is 1.25. The Bertz CT molecular complexity index is 173. The normalized spacial score (nSPS) is 30.8. The highest BCUT2D eigenvalue weighted by atomic mass is 79.9. The summed E-state index contributed by atoms with van der Waals surface area (Å²) in [7, 11) is 0. The van der Waals surface area contributed by atoms with E-state index in [1.165, 1.54) is 32.1 Å². The molecule has 1 rings (SSSR count). The molecular weight excluding hydrogens is 272 g/mol. The molecule has 0 nitrogen and oxygen atoms in total. The summed E-state index contributed by atoms with van der Waals surface area (Å²) in [6.45, 7) is 9.55. The highest BCUT2D eigenvalue weighted by Gasteiger charge is 2.33. The first kappa shape index (κ1) is 15.3. The van der Waals surface area contributed by atoms with Crippen LogP contribution in [0, 0.1) is 23.7 Å². The molecule has 0 aromatic rings. The van der Waals surface area contributed by atoms with Gasteiger partial charge in [0.1, 0.15) is 0 Å². The summed E-state index contributed by atoms with van der Waals surface area (Å²) in [5.41, 5.74) is 0. The SMILES string of the molecule is CC(C)CC1CCCC(CC(C)C)[CH]1[Mg][Br]. The lowest BCUT2D eigenvalue weighted by Crippen LogP contribution is -2.28. The molecule has 1 aliphatic carbocycles. The van der Waals surface area contributed by atoms with E-state index in [9.17, 15) is 0 Å². The number of halogens is 1. The van der Waals surface area contributed by atoms with Gasteiger partial charge in [0.15, 0.2) is 0 Å². The number of rotatable bonds is 5. The first-order chi connectivity index (χ1) is 7.54. The van der Waals surface area contributed by atoms with Crippen LogP contribution in [0.25, 0.3) is 0 Å². The molecule has 0 heterocycles. The second-order valence-electron chi connectivity index (χ2n) is 6.53. The van der Waals surface area contributed by atoms with E-state index >= 15 is 0 Å². The molecule has 1 saturated carbocycles. The molecule has 0 spiro atoms. The lowest BCUT2D eigenvalue weighted by atomic mass is 9.74. The highest BCUT2D eigenvalue weighted by molar-refractivity contribution is 9.23. The van der Waals surface area contributed by atoms with Crippen LogP contribution in [0.5, 0.6) is 0 Å². The monoisotopic (exact) mass is 298 g/mol. The van der Waals surface area contributed by atoms with Crippen LogP contribution in [-0.2, 0) is 0 Å². The molecule has 0 aliphatic heterocycles. The average Bonchev–Trinajstić information content (AvgIpc) is 2.16. The Morgan fingerprint density at radius 2 is 1.44 bits per heavy atom. The molecule has 0 aromatic carbocycles. The topological polar surface area (TPSA) is 0 Å². The van der Waals surface area contributed by atoms with E-state index in [1.54, 1.807) is 0 Å². The second kappa shape index (κ2) is 7.63. The van der Waals surface area contributed by atoms with Crippen molar-refractivity contribution in [2.24, 2.45) is 23.7 Å². The summed E-state index contributed by atoms with van der Waals surface area (Å²) in [6, 6.07) is 0. The fraction of sp³-hybridized carbons (Fsp3) is 1.00. The van der Waals surface area contributed by atoms with Crippen molar-refractivity contribution < 1.29 is 0 Å². The predicted molar refractivity (Wildman–Crippen MR) is 78.2 cm³/mol. The van der Waals surface area contributed by atoms with Gasteiger partial charge < -0.3 is 12.9 Å². The van der Waals surface area contributed by atoms with E-state index in [0.29, 0.717) is 0 Å². The molecule has 1 fully saturated rings. The van der Waals surface area contributed by atoms with Crippen LogP contribution in [0.2, 0.25) is 4.05 Å². The Morgan fingerprint density at radius 3 is 1.75 bits per heavy atom. The maximum atomic E-state index is 3.91. The first-order valence-corrected chi connectivity index (χ1v) is 11.8. The van der Waals surface area contributed by atoms with E-state index in [4.69, 9.17) is 0 Å². The quantitative estimate of drug-likeness (QED) is 0.604. The molecule has 0 N–H and O–H groups in total. The summed E-state index contributed by atoms with van der Waals surface area (Å²) < 4.78 is 1.08. The third-order valence-electron chi connectivity index (χ3n) is 4.09. The number of hydrogen-bond donors (Lipinski definition) is 0. The first-order valence-electron chi connectivity index (χ1n) is 7.10. The van der Waals surface area contributed by atoms with Gasteiger partial charge in [-0.25, -0.2) is 0 Å². The van der Waals surface area contributed by atoms with Crippen molar-refractivity contribution in [1.29, 1.82) is 0 Å². The standard InChI is InChI=1S/C14H27.BrH.Mg/c1-11(2)8-13-6-5-7-14(10-13)9-12(3)4;;/h10-14H,5-9H2,1-4H3;1H;/q;;+1/p-1.